The van der Waals surface area contributed by atoms with Gasteiger partial charge in [0.1, 0.15) is 0 Å². The second-order valence-corrected chi connectivity index (χ2v) is 4.27. The van der Waals surface area contributed by atoms with Crippen molar-refractivity contribution >= 4 is 6.03 Å². The Morgan fingerprint density at radius 1 is 1.33 bits per heavy atom. The maximum atomic E-state index is 11.8. The number of nitrogens with one attached hydrogen (secondary N) is 1. The molecule has 0 unspecified atom stereocenters. The predicted molar refractivity (Wildman–Crippen MR) is 59.7 cm³/mol. The van der Waals surface area contributed by atoms with Crippen LogP contribution in [0.15, 0.2) is 0 Å². The van der Waals surface area contributed by atoms with Gasteiger partial charge in [0.05, 0.1) is 12.1 Å². The number of likely N-dealkylation sites (tertiary alicyclic amines) is 1. The van der Waals surface area contributed by atoms with Gasteiger partial charge in [0.15, 0.2) is 0 Å². The Kier molecular flexibility index (Phi) is 4.39. The zero-order chi connectivity index (χ0) is 11.3. The van der Waals surface area contributed by atoms with E-state index in [2.05, 4.69) is 5.32 Å². The summed E-state index contributed by atoms with van der Waals surface area (Å²) in [5.74, 6) is 0. The average Bonchev–Trinajstić information content (AvgIpc) is 2.79. The van der Waals surface area contributed by atoms with Crippen LogP contribution in [0.3, 0.4) is 0 Å². The van der Waals surface area contributed by atoms with Gasteiger partial charge < -0.3 is 15.3 Å². The van der Waals surface area contributed by atoms with Crippen molar-refractivity contribution in [2.45, 2.75) is 45.1 Å². The van der Waals surface area contributed by atoms with Crippen molar-refractivity contribution in [3.05, 3.63) is 0 Å². The Morgan fingerprint density at radius 3 is 2.27 bits per heavy atom. The Balaban J connectivity index is 2.53. The quantitative estimate of drug-likeness (QED) is 0.742. The highest BCUT2D eigenvalue weighted by Crippen LogP contribution is 2.16. The minimum absolute atomic E-state index is 0.0135. The Hall–Kier alpha value is -0.770. The number of carbonyl (C=O) groups excluding carboxylic acids is 1. The van der Waals surface area contributed by atoms with Gasteiger partial charge in [-0.25, -0.2) is 4.79 Å². The normalized spacial score (nSPS) is 16.9. The number of urea groups is 1. The first-order valence-corrected chi connectivity index (χ1v) is 5.85. The van der Waals surface area contributed by atoms with Gasteiger partial charge >= 0.3 is 6.03 Å². The molecule has 4 heteroatoms. The Morgan fingerprint density at radius 2 is 1.87 bits per heavy atom. The summed E-state index contributed by atoms with van der Waals surface area (Å²) in [5.41, 5.74) is -0.431. The highest BCUT2D eigenvalue weighted by atomic mass is 16.3. The van der Waals surface area contributed by atoms with Gasteiger partial charge in [0, 0.05) is 13.1 Å². The molecular weight excluding hydrogens is 192 g/mol. The second-order valence-electron chi connectivity index (χ2n) is 4.27. The molecule has 0 aliphatic carbocycles. The minimum atomic E-state index is -0.431. The summed E-state index contributed by atoms with van der Waals surface area (Å²) in [6, 6.07) is -0.0229. The predicted octanol–water partition coefficient (Wildman–Crippen LogP) is 1.34. The van der Waals surface area contributed by atoms with Crippen LogP contribution in [0.5, 0.6) is 0 Å². The van der Waals surface area contributed by atoms with Crippen molar-refractivity contribution in [2.24, 2.45) is 0 Å². The third kappa shape index (κ3) is 2.84. The van der Waals surface area contributed by atoms with Crippen molar-refractivity contribution < 1.29 is 9.90 Å². The third-order valence-electron chi connectivity index (χ3n) is 3.42. The van der Waals surface area contributed by atoms with Crippen molar-refractivity contribution in [3.63, 3.8) is 0 Å². The number of hydrogen-bond acceptors (Lipinski definition) is 2. The van der Waals surface area contributed by atoms with Crippen LogP contribution in [0.2, 0.25) is 0 Å². The van der Waals surface area contributed by atoms with E-state index < -0.39 is 5.54 Å². The largest absolute Gasteiger partial charge is 0.394 e. The van der Waals surface area contributed by atoms with Crippen molar-refractivity contribution in [1.82, 2.24) is 10.2 Å². The van der Waals surface area contributed by atoms with Crippen molar-refractivity contribution in [3.8, 4) is 0 Å². The number of carbonyl (C=O) groups is 1. The molecule has 2 N–H and O–H groups in total. The maximum Gasteiger partial charge on any atom is 0.317 e. The first-order valence-electron chi connectivity index (χ1n) is 5.85. The van der Waals surface area contributed by atoms with E-state index in [0.717, 1.165) is 38.8 Å². The lowest BCUT2D eigenvalue weighted by molar-refractivity contribution is 0.139. The molecule has 0 atom stereocenters. The summed E-state index contributed by atoms with van der Waals surface area (Å²) >= 11 is 0. The first kappa shape index (κ1) is 12.3. The number of aliphatic hydroxyl groups is 1. The zero-order valence-corrected chi connectivity index (χ0v) is 9.75. The Labute approximate surface area is 91.6 Å². The topological polar surface area (TPSA) is 52.6 Å². The van der Waals surface area contributed by atoms with Gasteiger partial charge in [-0.05, 0) is 25.7 Å². The van der Waals surface area contributed by atoms with E-state index in [1.54, 1.807) is 0 Å². The molecular formula is C11H22N2O2. The summed E-state index contributed by atoms with van der Waals surface area (Å²) in [6.07, 6.45) is 3.72. The van der Waals surface area contributed by atoms with Crippen molar-refractivity contribution in [2.75, 3.05) is 19.7 Å². The van der Waals surface area contributed by atoms with Gasteiger partial charge in [-0.3, -0.25) is 0 Å². The Bertz CT molecular complexity index is 200. The second kappa shape index (κ2) is 5.35. The number of hydrogen-bond donors (Lipinski definition) is 2. The molecule has 0 aromatic heterocycles. The summed E-state index contributed by atoms with van der Waals surface area (Å²) < 4.78 is 0. The summed E-state index contributed by atoms with van der Waals surface area (Å²) in [6.45, 7) is 5.69. The molecule has 0 spiro atoms. The van der Waals surface area contributed by atoms with Crippen LogP contribution < -0.4 is 5.32 Å². The molecule has 1 saturated heterocycles. The molecule has 15 heavy (non-hydrogen) atoms. The number of amides is 2. The van der Waals surface area contributed by atoms with E-state index in [4.69, 9.17) is 0 Å². The van der Waals surface area contributed by atoms with Crippen LogP contribution in [-0.4, -0.2) is 41.3 Å². The lowest BCUT2D eigenvalue weighted by Crippen LogP contribution is -2.54. The van der Waals surface area contributed by atoms with E-state index >= 15 is 0 Å². The molecule has 1 fully saturated rings. The minimum Gasteiger partial charge on any atom is -0.394 e. The molecule has 0 aromatic rings. The van der Waals surface area contributed by atoms with Crippen LogP contribution in [0.25, 0.3) is 0 Å². The van der Waals surface area contributed by atoms with Gasteiger partial charge in [-0.2, -0.15) is 0 Å². The van der Waals surface area contributed by atoms with E-state index in [-0.39, 0.29) is 12.6 Å². The number of nitrogens with zero attached hydrogens (tertiary/aromatic N) is 1. The fraction of sp³-hybridized carbons (Fsp3) is 0.909. The fourth-order valence-corrected chi connectivity index (χ4v) is 1.92. The molecule has 2 amide bonds. The average molecular weight is 214 g/mol. The van der Waals surface area contributed by atoms with Crippen molar-refractivity contribution in [1.29, 1.82) is 0 Å². The van der Waals surface area contributed by atoms with Crippen LogP contribution in [0.4, 0.5) is 4.79 Å². The van der Waals surface area contributed by atoms with E-state index in [9.17, 15) is 9.90 Å². The zero-order valence-electron chi connectivity index (χ0n) is 9.75. The molecule has 1 heterocycles. The van der Waals surface area contributed by atoms with Crippen LogP contribution in [-0.2, 0) is 0 Å². The standard InChI is InChI=1S/C11H22N2O2/c1-3-11(4-2,9-14)12-10(15)13-7-5-6-8-13/h14H,3-9H2,1-2H3,(H,12,15). The van der Waals surface area contributed by atoms with Crippen LogP contribution in [0.1, 0.15) is 39.5 Å². The molecule has 1 aliphatic rings. The van der Waals surface area contributed by atoms with Gasteiger partial charge in [-0.1, -0.05) is 13.8 Å². The SMILES string of the molecule is CCC(CC)(CO)NC(=O)N1CCCC1. The number of aliphatic hydroxyl groups excluding tert-OH is 1. The first-order chi connectivity index (χ1) is 7.17. The highest BCUT2D eigenvalue weighted by Gasteiger charge is 2.29. The molecule has 4 nitrogen and oxygen atoms in total. The molecule has 0 saturated carbocycles. The van der Waals surface area contributed by atoms with Gasteiger partial charge in [0.25, 0.3) is 0 Å². The van der Waals surface area contributed by atoms with E-state index in [1.165, 1.54) is 0 Å². The van der Waals surface area contributed by atoms with Gasteiger partial charge in [-0.15, -0.1) is 0 Å². The highest BCUT2D eigenvalue weighted by molar-refractivity contribution is 5.75. The maximum absolute atomic E-state index is 11.8. The smallest absolute Gasteiger partial charge is 0.317 e. The fourth-order valence-electron chi connectivity index (χ4n) is 1.92. The lowest BCUT2D eigenvalue weighted by atomic mass is 9.94. The summed E-state index contributed by atoms with van der Waals surface area (Å²) in [5, 5.41) is 12.3. The molecule has 0 radical (unpaired) electrons. The van der Waals surface area contributed by atoms with Gasteiger partial charge in [0.2, 0.25) is 0 Å². The monoisotopic (exact) mass is 214 g/mol. The molecule has 88 valence electrons. The molecule has 0 aromatic carbocycles. The summed E-state index contributed by atoms with van der Waals surface area (Å²) in [7, 11) is 0. The van der Waals surface area contributed by atoms with Crippen LogP contribution >= 0.6 is 0 Å². The van der Waals surface area contributed by atoms with E-state index in [0.29, 0.717) is 0 Å². The molecule has 1 aliphatic heterocycles. The third-order valence-corrected chi connectivity index (χ3v) is 3.42. The van der Waals surface area contributed by atoms with E-state index in [1.807, 2.05) is 18.7 Å². The number of rotatable bonds is 4. The molecule has 0 bridgehead atoms. The molecule has 1 rings (SSSR count). The lowest BCUT2D eigenvalue weighted by Gasteiger charge is -2.32. The summed E-state index contributed by atoms with van der Waals surface area (Å²) in [4.78, 5) is 13.7. The van der Waals surface area contributed by atoms with Crippen LogP contribution in [0, 0.1) is 0 Å².